The fourth-order valence-electron chi connectivity index (χ4n) is 3.93. The highest BCUT2D eigenvalue weighted by molar-refractivity contribution is 9.10. The molecule has 0 unspecified atom stereocenters. The van der Waals surface area contributed by atoms with Crippen molar-refractivity contribution in [3.63, 3.8) is 0 Å². The molecule has 3 aromatic rings. The summed E-state index contributed by atoms with van der Waals surface area (Å²) < 4.78 is 12.2. The Kier molecular flexibility index (Phi) is 8.91. The van der Waals surface area contributed by atoms with Gasteiger partial charge < -0.3 is 14.8 Å². The molecule has 4 rings (SSSR count). The number of urea groups is 1. The van der Waals surface area contributed by atoms with E-state index in [9.17, 15) is 19.2 Å². The zero-order valence-corrected chi connectivity index (χ0v) is 24.2. The van der Waals surface area contributed by atoms with Crippen molar-refractivity contribution in [3.05, 3.63) is 86.4 Å². The summed E-state index contributed by atoms with van der Waals surface area (Å²) in [7, 11) is 0. The number of aryl methyl sites for hydroxylation is 1. The van der Waals surface area contributed by atoms with Crippen LogP contribution >= 0.6 is 27.5 Å². The third kappa shape index (κ3) is 6.35. The first-order valence-corrected chi connectivity index (χ1v) is 13.4. The zero-order chi connectivity index (χ0) is 29.0. The van der Waals surface area contributed by atoms with Gasteiger partial charge in [-0.05, 0) is 86.0 Å². The third-order valence-electron chi connectivity index (χ3n) is 6.06. The number of carbonyl (C=O) groups is 4. The van der Waals surface area contributed by atoms with Crippen molar-refractivity contribution < 1.29 is 28.7 Å². The Labute approximate surface area is 244 Å². The van der Waals surface area contributed by atoms with E-state index in [-0.39, 0.29) is 41.2 Å². The molecule has 1 aliphatic heterocycles. The van der Waals surface area contributed by atoms with Gasteiger partial charge >= 0.3 is 6.03 Å². The standard InChI is InChI=1S/C29H25BrClN3O6/c1-4-39-24-14-18(12-21-27(36)33-29(38)34(28(21)37)20-10-8-19(30)9-11-20)13-22(31)26(24)40-15-25(35)32-23-7-5-6-16(2)17(23)3/h5-14H,4,15H2,1-3H3,(H,32,35)(H,33,36,38)/b21-12+. The Bertz CT molecular complexity index is 1540. The fraction of sp³-hybridized carbons (Fsp3) is 0.172. The number of rotatable bonds is 8. The number of benzene rings is 3. The molecule has 0 bridgehead atoms. The van der Waals surface area contributed by atoms with Crippen LogP contribution in [0.25, 0.3) is 6.08 Å². The molecule has 9 nitrogen and oxygen atoms in total. The van der Waals surface area contributed by atoms with Gasteiger partial charge in [-0.3, -0.25) is 19.7 Å². The quantitative estimate of drug-likeness (QED) is 0.241. The number of amides is 5. The number of hydrogen-bond acceptors (Lipinski definition) is 6. The topological polar surface area (TPSA) is 114 Å². The van der Waals surface area contributed by atoms with Crippen molar-refractivity contribution in [3.8, 4) is 11.5 Å². The van der Waals surface area contributed by atoms with Gasteiger partial charge in [0.05, 0.1) is 17.3 Å². The number of imide groups is 2. The molecule has 0 aliphatic carbocycles. The summed E-state index contributed by atoms with van der Waals surface area (Å²) in [5, 5.41) is 5.10. The van der Waals surface area contributed by atoms with Crippen LogP contribution in [-0.2, 0) is 14.4 Å². The molecule has 0 atom stereocenters. The number of nitrogens with zero attached hydrogens (tertiary/aromatic N) is 1. The van der Waals surface area contributed by atoms with Crippen LogP contribution in [0.15, 0.2) is 64.6 Å². The average Bonchev–Trinajstić information content (AvgIpc) is 2.90. The number of nitrogens with one attached hydrogen (secondary N) is 2. The van der Waals surface area contributed by atoms with Gasteiger partial charge in [-0.15, -0.1) is 0 Å². The summed E-state index contributed by atoms with van der Waals surface area (Å²) in [4.78, 5) is 51.7. The lowest BCUT2D eigenvalue weighted by Crippen LogP contribution is -2.54. The highest BCUT2D eigenvalue weighted by Crippen LogP contribution is 2.38. The summed E-state index contributed by atoms with van der Waals surface area (Å²) in [5.41, 5.74) is 3.03. The van der Waals surface area contributed by atoms with Crippen LogP contribution in [-0.4, -0.2) is 37.0 Å². The monoisotopic (exact) mass is 625 g/mol. The Morgan fingerprint density at radius 1 is 1.07 bits per heavy atom. The Hall–Kier alpha value is -4.15. The zero-order valence-electron chi connectivity index (χ0n) is 21.8. The van der Waals surface area contributed by atoms with E-state index in [0.29, 0.717) is 16.9 Å². The van der Waals surface area contributed by atoms with Crippen LogP contribution < -0.4 is 25.0 Å². The lowest BCUT2D eigenvalue weighted by Gasteiger charge is -2.26. The summed E-state index contributed by atoms with van der Waals surface area (Å²) in [6.07, 6.45) is 1.31. The molecule has 11 heteroatoms. The number of halogens is 2. The van der Waals surface area contributed by atoms with Crippen molar-refractivity contribution in [1.29, 1.82) is 0 Å². The number of hydrogen-bond donors (Lipinski definition) is 2. The molecule has 0 radical (unpaired) electrons. The molecule has 1 heterocycles. The van der Waals surface area contributed by atoms with Crippen molar-refractivity contribution >= 4 is 68.7 Å². The minimum atomic E-state index is -0.856. The SMILES string of the molecule is CCOc1cc(/C=C2\C(=O)NC(=O)N(c3ccc(Br)cc3)C2=O)cc(Cl)c1OCC(=O)Nc1cccc(C)c1C. The summed E-state index contributed by atoms with van der Waals surface area (Å²) >= 11 is 9.80. The van der Waals surface area contributed by atoms with Gasteiger partial charge in [0.2, 0.25) is 0 Å². The minimum Gasteiger partial charge on any atom is -0.490 e. The highest BCUT2D eigenvalue weighted by atomic mass is 79.9. The number of anilines is 2. The maximum absolute atomic E-state index is 13.2. The first kappa shape index (κ1) is 28.8. The second kappa shape index (κ2) is 12.4. The predicted octanol–water partition coefficient (Wildman–Crippen LogP) is 5.80. The molecule has 0 spiro atoms. The van der Waals surface area contributed by atoms with Gasteiger partial charge in [-0.25, -0.2) is 9.69 Å². The largest absolute Gasteiger partial charge is 0.490 e. The van der Waals surface area contributed by atoms with E-state index in [1.165, 1.54) is 18.2 Å². The maximum Gasteiger partial charge on any atom is 0.335 e. The van der Waals surface area contributed by atoms with Crippen LogP contribution in [0.2, 0.25) is 5.02 Å². The van der Waals surface area contributed by atoms with E-state index in [4.69, 9.17) is 21.1 Å². The molecule has 0 saturated carbocycles. The van der Waals surface area contributed by atoms with Gasteiger partial charge in [0.1, 0.15) is 5.57 Å². The van der Waals surface area contributed by atoms with E-state index in [0.717, 1.165) is 20.5 Å². The summed E-state index contributed by atoms with van der Waals surface area (Å²) in [6, 6.07) is 14.2. The molecule has 1 aliphatic rings. The van der Waals surface area contributed by atoms with Gasteiger partial charge in [-0.2, -0.15) is 0 Å². The second-order valence-corrected chi connectivity index (χ2v) is 10.1. The van der Waals surface area contributed by atoms with Crippen molar-refractivity contribution in [1.82, 2.24) is 5.32 Å². The average molecular weight is 627 g/mol. The number of barbiturate groups is 1. The molecule has 1 saturated heterocycles. The number of carbonyl (C=O) groups excluding carboxylic acids is 4. The van der Waals surface area contributed by atoms with Gasteiger partial charge in [0.25, 0.3) is 17.7 Å². The van der Waals surface area contributed by atoms with Crippen LogP contribution in [0.4, 0.5) is 16.2 Å². The van der Waals surface area contributed by atoms with Gasteiger partial charge in [0, 0.05) is 10.2 Å². The number of ether oxygens (including phenoxy) is 2. The summed E-state index contributed by atoms with van der Waals surface area (Å²) in [6.45, 7) is 5.54. The first-order valence-electron chi connectivity index (χ1n) is 12.2. The first-order chi connectivity index (χ1) is 19.1. The smallest absolute Gasteiger partial charge is 0.335 e. The van der Waals surface area contributed by atoms with E-state index in [1.54, 1.807) is 37.3 Å². The molecular formula is C29H25BrClN3O6. The van der Waals surface area contributed by atoms with Crippen LogP contribution in [0.1, 0.15) is 23.6 Å². The summed E-state index contributed by atoms with van der Waals surface area (Å²) in [5.74, 6) is -1.69. The molecule has 40 heavy (non-hydrogen) atoms. The molecule has 0 aromatic heterocycles. The Morgan fingerprint density at radius 3 is 2.50 bits per heavy atom. The molecule has 2 N–H and O–H groups in total. The molecule has 5 amide bonds. The molecule has 206 valence electrons. The fourth-order valence-corrected chi connectivity index (χ4v) is 4.47. The van der Waals surface area contributed by atoms with Crippen molar-refractivity contribution in [2.24, 2.45) is 0 Å². The minimum absolute atomic E-state index is 0.0989. The van der Waals surface area contributed by atoms with Crippen molar-refractivity contribution in [2.75, 3.05) is 23.4 Å². The van der Waals surface area contributed by atoms with Crippen LogP contribution in [0.5, 0.6) is 11.5 Å². The van der Waals surface area contributed by atoms with Gasteiger partial charge in [-0.1, -0.05) is 39.7 Å². The second-order valence-electron chi connectivity index (χ2n) is 8.78. The van der Waals surface area contributed by atoms with Gasteiger partial charge in [0.15, 0.2) is 18.1 Å². The normalized spacial score (nSPS) is 14.3. The van der Waals surface area contributed by atoms with Crippen molar-refractivity contribution in [2.45, 2.75) is 20.8 Å². The molecule has 1 fully saturated rings. The highest BCUT2D eigenvalue weighted by Gasteiger charge is 2.36. The predicted molar refractivity (Wildman–Crippen MR) is 156 cm³/mol. The lowest BCUT2D eigenvalue weighted by molar-refractivity contribution is -0.122. The Balaban J connectivity index is 1.58. The maximum atomic E-state index is 13.2. The lowest BCUT2D eigenvalue weighted by atomic mass is 10.1. The van der Waals surface area contributed by atoms with E-state index >= 15 is 0 Å². The Morgan fingerprint density at radius 2 is 1.80 bits per heavy atom. The third-order valence-corrected chi connectivity index (χ3v) is 6.86. The van der Waals surface area contributed by atoms with Crippen LogP contribution in [0.3, 0.4) is 0 Å². The van der Waals surface area contributed by atoms with Crippen LogP contribution in [0, 0.1) is 13.8 Å². The molecular weight excluding hydrogens is 602 g/mol. The van der Waals surface area contributed by atoms with E-state index in [1.807, 2.05) is 26.0 Å². The van der Waals surface area contributed by atoms with E-state index < -0.39 is 17.8 Å². The molecule has 3 aromatic carbocycles. The van der Waals surface area contributed by atoms with E-state index in [2.05, 4.69) is 26.6 Å².